The highest BCUT2D eigenvalue weighted by atomic mass is 79.9. The minimum absolute atomic E-state index is 0.0145. The van der Waals surface area contributed by atoms with Crippen LogP contribution in [0.5, 0.6) is 5.75 Å². The Labute approximate surface area is 281 Å². The van der Waals surface area contributed by atoms with Crippen molar-refractivity contribution < 1.29 is 19.5 Å². The third-order valence-electron chi connectivity index (χ3n) is 9.74. The van der Waals surface area contributed by atoms with Crippen LogP contribution in [0, 0.1) is 0 Å². The molecule has 1 atom stereocenters. The maximum Gasteiger partial charge on any atom is 0.322 e. The van der Waals surface area contributed by atoms with Crippen molar-refractivity contribution in [1.82, 2.24) is 29.9 Å². The van der Waals surface area contributed by atoms with E-state index in [1.807, 2.05) is 15.9 Å². The van der Waals surface area contributed by atoms with Gasteiger partial charge in [0.1, 0.15) is 11.8 Å². The largest absolute Gasteiger partial charge is 0.506 e. The fraction of sp³-hybridized carbons (Fsp3) is 0.562. The number of phenols is 1. The number of fused-ring (bicyclic) bond motifs is 1. The van der Waals surface area contributed by atoms with E-state index >= 15 is 0 Å². The second-order valence-corrected chi connectivity index (χ2v) is 14.3. The minimum Gasteiger partial charge on any atom is -0.506 e. The van der Waals surface area contributed by atoms with Gasteiger partial charge in [-0.3, -0.25) is 9.78 Å². The Kier molecular flexibility index (Phi) is 10.2. The Bertz CT molecular complexity index is 1380. The van der Waals surface area contributed by atoms with Crippen LogP contribution in [0.2, 0.25) is 0 Å². The van der Waals surface area contributed by atoms with E-state index in [0.29, 0.717) is 67.0 Å². The second-order valence-electron chi connectivity index (χ2n) is 12.6. The number of amides is 5. The smallest absolute Gasteiger partial charge is 0.322 e. The van der Waals surface area contributed by atoms with Crippen LogP contribution in [0.15, 0.2) is 39.5 Å². The molecule has 1 aromatic heterocycles. The molecule has 3 N–H and O–H groups in total. The summed E-state index contributed by atoms with van der Waals surface area (Å²) in [4.78, 5) is 52.6. The number of likely N-dealkylation sites (tertiary alicyclic amines) is 3. The number of halogens is 2. The summed E-state index contributed by atoms with van der Waals surface area (Å²) in [6.07, 6.45) is 10.7. The Morgan fingerprint density at radius 3 is 2.29 bits per heavy atom. The van der Waals surface area contributed by atoms with Crippen molar-refractivity contribution in [3.63, 3.8) is 0 Å². The molecule has 0 saturated carbocycles. The average molecular weight is 748 g/mol. The van der Waals surface area contributed by atoms with Gasteiger partial charge < -0.3 is 35.3 Å². The van der Waals surface area contributed by atoms with Gasteiger partial charge in [-0.1, -0.05) is 6.42 Å². The lowest BCUT2D eigenvalue weighted by molar-refractivity contribution is -0.134. The van der Waals surface area contributed by atoms with Crippen molar-refractivity contribution in [2.75, 3.05) is 44.6 Å². The first kappa shape index (κ1) is 32.1. The summed E-state index contributed by atoms with van der Waals surface area (Å²) in [6.45, 7) is 5.14. The average Bonchev–Trinajstić information content (AvgIpc) is 3.06. The van der Waals surface area contributed by atoms with Crippen molar-refractivity contribution in [3.8, 4) is 5.75 Å². The van der Waals surface area contributed by atoms with Gasteiger partial charge in [0, 0.05) is 57.4 Å². The standard InChI is InChI=1S/C32H41Br2N7O4/c33-25-16-21(17-26(34)29(25)42)18-27(30(43)39-12-5-23(6-13-39)38-10-2-1-3-11-38)36-31(44)40-14-7-24(8-15-40)41-20-22-4-9-35-19-28(22)37-32(41)45/h4,9,16-17,19,23-24,27,42H,1-3,5-8,10-15,18,20H2,(H,36,44)(H,37,45)/t27-/m1/s1. The van der Waals surface area contributed by atoms with Gasteiger partial charge in [-0.05, 0) is 113 Å². The number of nitrogens with zero attached hydrogens (tertiary/aromatic N) is 5. The van der Waals surface area contributed by atoms with Crippen LogP contribution in [-0.2, 0) is 17.8 Å². The number of carbonyl (C=O) groups excluding carboxylic acids is 3. The van der Waals surface area contributed by atoms with Crippen LogP contribution < -0.4 is 10.6 Å². The van der Waals surface area contributed by atoms with Gasteiger partial charge in [-0.25, -0.2) is 9.59 Å². The van der Waals surface area contributed by atoms with Crippen LogP contribution in [0.25, 0.3) is 0 Å². The molecule has 11 nitrogen and oxygen atoms in total. The van der Waals surface area contributed by atoms with E-state index in [9.17, 15) is 19.5 Å². The summed E-state index contributed by atoms with van der Waals surface area (Å²) in [5.74, 6) is 0.0182. The molecular weight excluding hydrogens is 706 g/mol. The molecule has 5 amide bonds. The van der Waals surface area contributed by atoms with E-state index in [2.05, 4.69) is 52.4 Å². The van der Waals surface area contributed by atoms with Gasteiger partial charge in [-0.15, -0.1) is 0 Å². The molecule has 6 rings (SSSR count). The van der Waals surface area contributed by atoms with Crippen molar-refractivity contribution >= 4 is 55.5 Å². The number of piperidine rings is 3. The molecule has 3 saturated heterocycles. The Morgan fingerprint density at radius 1 is 0.956 bits per heavy atom. The summed E-state index contributed by atoms with van der Waals surface area (Å²) in [6, 6.07) is 4.87. The summed E-state index contributed by atoms with van der Waals surface area (Å²) in [7, 11) is 0. The number of rotatable bonds is 6. The lowest BCUT2D eigenvalue weighted by Gasteiger charge is -2.42. The molecule has 2 aromatic rings. The first-order chi connectivity index (χ1) is 21.8. The fourth-order valence-corrected chi connectivity index (χ4v) is 8.44. The van der Waals surface area contributed by atoms with Gasteiger partial charge in [0.2, 0.25) is 5.91 Å². The van der Waals surface area contributed by atoms with Gasteiger partial charge in [-0.2, -0.15) is 0 Å². The maximum absolute atomic E-state index is 14.0. The molecular formula is C32H41Br2N7O4. The zero-order valence-electron chi connectivity index (χ0n) is 25.4. The normalized spacial score (nSPS) is 20.8. The van der Waals surface area contributed by atoms with E-state index < -0.39 is 6.04 Å². The van der Waals surface area contributed by atoms with Crippen molar-refractivity contribution in [2.24, 2.45) is 0 Å². The summed E-state index contributed by atoms with van der Waals surface area (Å²) < 4.78 is 1.05. The molecule has 242 valence electrons. The van der Waals surface area contributed by atoms with E-state index in [0.717, 1.165) is 42.7 Å². The number of anilines is 1. The zero-order valence-corrected chi connectivity index (χ0v) is 28.6. The summed E-state index contributed by atoms with van der Waals surface area (Å²) in [5.41, 5.74) is 2.59. The Hall–Kier alpha value is -2.90. The quantitative estimate of drug-likeness (QED) is 0.386. The number of aromatic hydroxyl groups is 1. The highest BCUT2D eigenvalue weighted by molar-refractivity contribution is 9.11. The molecule has 13 heteroatoms. The van der Waals surface area contributed by atoms with E-state index in [1.54, 1.807) is 29.4 Å². The third kappa shape index (κ3) is 7.41. The number of hydrogen-bond donors (Lipinski definition) is 3. The zero-order chi connectivity index (χ0) is 31.5. The fourth-order valence-electron chi connectivity index (χ4n) is 7.16. The number of carbonyl (C=O) groups is 3. The number of urea groups is 2. The lowest BCUT2D eigenvalue weighted by Crippen LogP contribution is -2.57. The Balaban J connectivity index is 1.09. The van der Waals surface area contributed by atoms with Crippen molar-refractivity contribution in [3.05, 3.63) is 50.7 Å². The second kappa shape index (κ2) is 14.3. The highest BCUT2D eigenvalue weighted by Gasteiger charge is 2.36. The molecule has 0 radical (unpaired) electrons. The number of aromatic nitrogens is 1. The van der Waals surface area contributed by atoms with Crippen LogP contribution >= 0.6 is 31.9 Å². The number of nitrogens with one attached hydrogen (secondary N) is 2. The predicted molar refractivity (Wildman–Crippen MR) is 178 cm³/mol. The van der Waals surface area contributed by atoms with E-state index in [1.165, 1.54) is 19.3 Å². The molecule has 0 bridgehead atoms. The molecule has 4 aliphatic heterocycles. The van der Waals surface area contributed by atoms with Crippen LogP contribution in [-0.4, -0.2) is 105 Å². The van der Waals surface area contributed by atoms with Crippen LogP contribution in [0.4, 0.5) is 15.3 Å². The summed E-state index contributed by atoms with van der Waals surface area (Å²) >= 11 is 6.80. The summed E-state index contributed by atoms with van der Waals surface area (Å²) in [5, 5.41) is 16.2. The molecule has 1 aromatic carbocycles. The molecule has 0 unspecified atom stereocenters. The number of phenolic OH excluding ortho intramolecular Hbond substituents is 1. The molecule has 0 aliphatic carbocycles. The van der Waals surface area contributed by atoms with Crippen LogP contribution in [0.1, 0.15) is 56.1 Å². The SMILES string of the molecule is O=C(N[C@H](Cc1cc(Br)c(O)c(Br)c1)C(=O)N1CCC(N2CCCCC2)CC1)N1CCC(N2Cc3ccncc3NC2=O)CC1. The van der Waals surface area contributed by atoms with Crippen LogP contribution in [0.3, 0.4) is 0 Å². The van der Waals surface area contributed by atoms with Gasteiger partial charge in [0.15, 0.2) is 0 Å². The van der Waals surface area contributed by atoms with Gasteiger partial charge >= 0.3 is 12.1 Å². The Morgan fingerprint density at radius 2 is 1.60 bits per heavy atom. The van der Waals surface area contributed by atoms with Gasteiger partial charge in [0.05, 0.1) is 20.8 Å². The molecule has 3 fully saturated rings. The molecule has 0 spiro atoms. The monoisotopic (exact) mass is 745 g/mol. The topological polar surface area (TPSA) is 121 Å². The lowest BCUT2D eigenvalue weighted by atomic mass is 9.98. The number of benzene rings is 1. The van der Waals surface area contributed by atoms with Crippen molar-refractivity contribution in [2.45, 2.75) is 76.0 Å². The minimum atomic E-state index is -0.747. The first-order valence-corrected chi connectivity index (χ1v) is 17.6. The first-order valence-electron chi connectivity index (χ1n) is 16.0. The molecule has 45 heavy (non-hydrogen) atoms. The molecule has 4 aliphatic rings. The molecule has 5 heterocycles. The van der Waals surface area contributed by atoms with E-state index in [-0.39, 0.29) is 29.8 Å². The maximum atomic E-state index is 14.0. The third-order valence-corrected chi connectivity index (χ3v) is 11.0. The number of hydrogen-bond acceptors (Lipinski definition) is 6. The number of pyridine rings is 1. The van der Waals surface area contributed by atoms with Crippen molar-refractivity contribution in [1.29, 1.82) is 0 Å². The van der Waals surface area contributed by atoms with E-state index in [4.69, 9.17) is 0 Å². The predicted octanol–water partition coefficient (Wildman–Crippen LogP) is 4.92. The highest BCUT2D eigenvalue weighted by Crippen LogP contribution is 2.34. The van der Waals surface area contributed by atoms with Gasteiger partial charge in [0.25, 0.3) is 0 Å².